The molecular formula is C21H24N2O2. The van der Waals surface area contributed by atoms with Gasteiger partial charge in [-0.3, -0.25) is 4.79 Å². The lowest BCUT2D eigenvalue weighted by Gasteiger charge is -2.12. The first-order valence-corrected chi connectivity index (χ1v) is 8.74. The second kappa shape index (κ2) is 7.99. The summed E-state index contributed by atoms with van der Waals surface area (Å²) in [6.45, 7) is 2.38. The molecule has 2 aromatic carbocycles. The van der Waals surface area contributed by atoms with Crippen molar-refractivity contribution >= 4 is 16.8 Å². The van der Waals surface area contributed by atoms with Crippen LogP contribution in [0.15, 0.2) is 54.7 Å². The predicted molar refractivity (Wildman–Crippen MR) is 101 cm³/mol. The lowest BCUT2D eigenvalue weighted by atomic mass is 10.1. The molecule has 0 aliphatic carbocycles. The molecule has 0 radical (unpaired) electrons. The molecule has 4 nitrogen and oxygen atoms in total. The van der Waals surface area contributed by atoms with Gasteiger partial charge in [0.25, 0.3) is 0 Å². The number of H-pyrrole nitrogens is 1. The maximum Gasteiger partial charge on any atom is 0.224 e. The van der Waals surface area contributed by atoms with Gasteiger partial charge in [0.1, 0.15) is 0 Å². The van der Waals surface area contributed by atoms with E-state index in [1.807, 2.05) is 48.7 Å². The number of aromatic nitrogens is 1. The van der Waals surface area contributed by atoms with E-state index < -0.39 is 6.10 Å². The number of fused-ring (bicyclic) bond motifs is 1. The zero-order valence-corrected chi connectivity index (χ0v) is 14.5. The quantitative estimate of drug-likeness (QED) is 0.621. The van der Waals surface area contributed by atoms with Crippen LogP contribution in [0.25, 0.3) is 10.9 Å². The Morgan fingerprint density at radius 2 is 1.92 bits per heavy atom. The molecule has 0 saturated heterocycles. The molecule has 0 aliphatic rings. The lowest BCUT2D eigenvalue weighted by molar-refractivity contribution is -0.120. The summed E-state index contributed by atoms with van der Waals surface area (Å²) < 4.78 is 0. The number of rotatable bonds is 7. The Bertz CT molecular complexity index is 839. The third-order valence-corrected chi connectivity index (χ3v) is 4.47. The number of nitrogens with one attached hydrogen (secondary N) is 2. The number of hydrogen-bond acceptors (Lipinski definition) is 2. The molecule has 1 atom stereocenters. The van der Waals surface area contributed by atoms with Crippen LogP contribution in [-0.4, -0.2) is 28.6 Å². The van der Waals surface area contributed by atoms with Crippen molar-refractivity contribution in [1.29, 1.82) is 0 Å². The van der Waals surface area contributed by atoms with Gasteiger partial charge in [0, 0.05) is 30.1 Å². The first-order chi connectivity index (χ1) is 12.2. The Hall–Kier alpha value is -2.59. The minimum absolute atomic E-state index is 0.0742. The van der Waals surface area contributed by atoms with E-state index in [-0.39, 0.29) is 12.5 Å². The summed E-state index contributed by atoms with van der Waals surface area (Å²) in [5.74, 6) is -0.0742. The number of amides is 1. The van der Waals surface area contributed by atoms with Crippen molar-refractivity contribution in [3.05, 3.63) is 71.4 Å². The van der Waals surface area contributed by atoms with Gasteiger partial charge in [0.2, 0.25) is 5.91 Å². The Labute approximate surface area is 147 Å². The molecule has 0 saturated carbocycles. The summed E-state index contributed by atoms with van der Waals surface area (Å²) in [6, 6.07) is 16.0. The van der Waals surface area contributed by atoms with Crippen LogP contribution >= 0.6 is 0 Å². The van der Waals surface area contributed by atoms with E-state index in [0.29, 0.717) is 12.8 Å². The monoisotopic (exact) mass is 336 g/mol. The fourth-order valence-electron chi connectivity index (χ4n) is 3.14. The number of para-hydroxylation sites is 1. The van der Waals surface area contributed by atoms with Gasteiger partial charge in [-0.25, -0.2) is 0 Å². The van der Waals surface area contributed by atoms with Gasteiger partial charge in [-0.1, -0.05) is 55.5 Å². The predicted octanol–water partition coefficient (Wildman–Crippen LogP) is 2.99. The average Bonchev–Trinajstić information content (AvgIpc) is 3.04. The van der Waals surface area contributed by atoms with E-state index in [1.54, 1.807) is 0 Å². The molecule has 130 valence electrons. The summed E-state index contributed by atoms with van der Waals surface area (Å²) >= 11 is 0. The summed E-state index contributed by atoms with van der Waals surface area (Å²) in [7, 11) is 0. The van der Waals surface area contributed by atoms with Crippen molar-refractivity contribution in [3.63, 3.8) is 0 Å². The summed E-state index contributed by atoms with van der Waals surface area (Å²) in [5, 5.41) is 14.0. The van der Waals surface area contributed by atoms with Crippen molar-refractivity contribution in [1.82, 2.24) is 10.3 Å². The van der Waals surface area contributed by atoms with Crippen molar-refractivity contribution < 1.29 is 9.90 Å². The maximum atomic E-state index is 12.2. The first-order valence-electron chi connectivity index (χ1n) is 8.74. The van der Waals surface area contributed by atoms with Crippen LogP contribution in [0.5, 0.6) is 0 Å². The molecule has 0 aliphatic heterocycles. The standard InChI is InChI=1S/C21H24N2O2/c1-2-16-9-6-10-19-17(13-23-21(16)19)12-20(25)22-14-18(24)11-15-7-4-3-5-8-15/h3-10,13,18,23-24H,2,11-12,14H2,1H3,(H,22,25). The summed E-state index contributed by atoms with van der Waals surface area (Å²) in [6.07, 6.45) is 3.12. The van der Waals surface area contributed by atoms with Gasteiger partial charge in [-0.05, 0) is 23.1 Å². The minimum Gasteiger partial charge on any atom is -0.391 e. The Morgan fingerprint density at radius 3 is 2.68 bits per heavy atom. The van der Waals surface area contributed by atoms with Crippen molar-refractivity contribution in [2.24, 2.45) is 0 Å². The van der Waals surface area contributed by atoms with Crippen molar-refractivity contribution in [2.45, 2.75) is 32.3 Å². The number of aryl methyl sites for hydroxylation is 1. The van der Waals surface area contributed by atoms with E-state index >= 15 is 0 Å². The van der Waals surface area contributed by atoms with Gasteiger partial charge in [-0.15, -0.1) is 0 Å². The largest absolute Gasteiger partial charge is 0.391 e. The molecule has 1 heterocycles. The molecular weight excluding hydrogens is 312 g/mol. The third kappa shape index (κ3) is 4.28. The third-order valence-electron chi connectivity index (χ3n) is 4.47. The van der Waals surface area contributed by atoms with Crippen LogP contribution in [0.2, 0.25) is 0 Å². The fourth-order valence-corrected chi connectivity index (χ4v) is 3.14. The number of hydrogen-bond donors (Lipinski definition) is 3. The molecule has 0 spiro atoms. The molecule has 25 heavy (non-hydrogen) atoms. The maximum absolute atomic E-state index is 12.2. The SMILES string of the molecule is CCc1cccc2c(CC(=O)NCC(O)Cc3ccccc3)c[nH]c12. The first kappa shape index (κ1) is 17.2. The van der Waals surface area contributed by atoms with E-state index in [0.717, 1.165) is 28.5 Å². The second-order valence-electron chi connectivity index (χ2n) is 6.33. The number of aliphatic hydroxyl groups is 1. The van der Waals surface area contributed by atoms with Gasteiger partial charge >= 0.3 is 0 Å². The zero-order valence-electron chi connectivity index (χ0n) is 14.5. The van der Waals surface area contributed by atoms with Gasteiger partial charge in [0.15, 0.2) is 0 Å². The number of carbonyl (C=O) groups excluding carboxylic acids is 1. The van der Waals surface area contributed by atoms with Crippen LogP contribution in [-0.2, 0) is 24.1 Å². The van der Waals surface area contributed by atoms with Crippen LogP contribution in [0.4, 0.5) is 0 Å². The number of benzene rings is 2. The van der Waals surface area contributed by atoms with Gasteiger partial charge in [0.05, 0.1) is 12.5 Å². The number of carbonyl (C=O) groups is 1. The number of aliphatic hydroxyl groups excluding tert-OH is 1. The van der Waals surface area contributed by atoms with E-state index in [2.05, 4.69) is 23.3 Å². The van der Waals surface area contributed by atoms with Crippen LogP contribution in [0.1, 0.15) is 23.6 Å². The highest BCUT2D eigenvalue weighted by atomic mass is 16.3. The molecule has 0 fully saturated rings. The average molecular weight is 336 g/mol. The molecule has 3 N–H and O–H groups in total. The Balaban J connectivity index is 1.56. The van der Waals surface area contributed by atoms with Gasteiger partial charge < -0.3 is 15.4 Å². The summed E-state index contributed by atoms with van der Waals surface area (Å²) in [4.78, 5) is 15.5. The lowest BCUT2D eigenvalue weighted by Crippen LogP contribution is -2.34. The highest BCUT2D eigenvalue weighted by Gasteiger charge is 2.12. The van der Waals surface area contributed by atoms with Crippen LogP contribution in [0, 0.1) is 0 Å². The fraction of sp³-hybridized carbons (Fsp3) is 0.286. The number of aromatic amines is 1. The van der Waals surface area contributed by atoms with Crippen molar-refractivity contribution in [2.75, 3.05) is 6.54 Å². The minimum atomic E-state index is -0.582. The van der Waals surface area contributed by atoms with E-state index in [9.17, 15) is 9.90 Å². The highest BCUT2D eigenvalue weighted by molar-refractivity contribution is 5.90. The molecule has 4 heteroatoms. The Morgan fingerprint density at radius 1 is 1.12 bits per heavy atom. The molecule has 0 bridgehead atoms. The molecule has 3 aromatic rings. The molecule has 3 rings (SSSR count). The Kier molecular flexibility index (Phi) is 5.51. The topological polar surface area (TPSA) is 65.1 Å². The molecule has 1 amide bonds. The smallest absolute Gasteiger partial charge is 0.224 e. The van der Waals surface area contributed by atoms with Crippen LogP contribution in [0.3, 0.4) is 0 Å². The van der Waals surface area contributed by atoms with Crippen LogP contribution < -0.4 is 5.32 Å². The molecule has 1 aromatic heterocycles. The zero-order chi connectivity index (χ0) is 17.6. The summed E-state index contributed by atoms with van der Waals surface area (Å²) in [5.41, 5.74) is 4.41. The highest BCUT2D eigenvalue weighted by Crippen LogP contribution is 2.22. The van der Waals surface area contributed by atoms with E-state index in [4.69, 9.17) is 0 Å². The second-order valence-corrected chi connectivity index (χ2v) is 6.33. The molecule has 1 unspecified atom stereocenters. The normalized spacial score (nSPS) is 12.2. The van der Waals surface area contributed by atoms with Gasteiger partial charge in [-0.2, -0.15) is 0 Å². The van der Waals surface area contributed by atoms with Crippen molar-refractivity contribution in [3.8, 4) is 0 Å². The van der Waals surface area contributed by atoms with E-state index in [1.165, 1.54) is 5.56 Å².